The first-order valence-electron chi connectivity index (χ1n) is 4.12. The van der Waals surface area contributed by atoms with Crippen LogP contribution >= 0.6 is 7.71 Å². The Balaban J connectivity index is 4.77. The van der Waals surface area contributed by atoms with Crippen molar-refractivity contribution >= 4 is 7.71 Å². The zero-order valence-electron chi connectivity index (χ0n) is 9.13. The summed E-state index contributed by atoms with van der Waals surface area (Å²) in [6.07, 6.45) is 0.722. The number of rotatable bonds is 4. The summed E-state index contributed by atoms with van der Waals surface area (Å²) in [6, 6.07) is 0. The standard InChI is InChI=1S/C7H23N4P/c1-9(2)12(7-8,10(3)4)11(5)6/h12H,7-8H2,1-6H3. The van der Waals surface area contributed by atoms with E-state index in [1.54, 1.807) is 0 Å². The van der Waals surface area contributed by atoms with Crippen LogP contribution in [0.2, 0.25) is 0 Å². The molecule has 0 aromatic rings. The second kappa shape index (κ2) is 4.49. The molecular formula is C7H23N4P. The molecule has 0 saturated heterocycles. The Labute approximate surface area is 76.8 Å². The minimum absolute atomic E-state index is 0.722. The van der Waals surface area contributed by atoms with Gasteiger partial charge in [-0.1, -0.05) is 0 Å². The van der Waals surface area contributed by atoms with Crippen molar-refractivity contribution in [3.8, 4) is 0 Å². The molecule has 0 radical (unpaired) electrons. The summed E-state index contributed by atoms with van der Waals surface area (Å²) in [5, 5.41) is 0. The fourth-order valence-electron chi connectivity index (χ4n) is 1.75. The maximum atomic E-state index is 5.85. The van der Waals surface area contributed by atoms with Crippen LogP contribution in [0.4, 0.5) is 0 Å². The maximum absolute atomic E-state index is 5.85. The monoisotopic (exact) mass is 194 g/mol. The fourth-order valence-corrected chi connectivity index (χ4v) is 5.24. The molecular weight excluding hydrogens is 171 g/mol. The fraction of sp³-hybridized carbons (Fsp3) is 1.00. The molecule has 0 atom stereocenters. The number of hydrogen-bond donors (Lipinski definition) is 1. The Bertz CT molecular complexity index is 114. The van der Waals surface area contributed by atoms with Gasteiger partial charge in [0.2, 0.25) is 0 Å². The second-order valence-electron chi connectivity index (χ2n) is 3.66. The van der Waals surface area contributed by atoms with Crippen LogP contribution in [0.15, 0.2) is 0 Å². The van der Waals surface area contributed by atoms with Gasteiger partial charge in [-0.25, -0.2) is 0 Å². The molecule has 0 heterocycles. The first kappa shape index (κ1) is 12.3. The molecule has 2 N–H and O–H groups in total. The first-order chi connectivity index (χ1) is 5.39. The Kier molecular flexibility index (Phi) is 4.59. The van der Waals surface area contributed by atoms with Gasteiger partial charge < -0.3 is 0 Å². The summed E-state index contributed by atoms with van der Waals surface area (Å²) in [6.45, 7) is 0. The van der Waals surface area contributed by atoms with Gasteiger partial charge in [0.05, 0.1) is 0 Å². The number of nitrogens with zero attached hydrogens (tertiary/aromatic N) is 3. The Morgan fingerprint density at radius 3 is 1.08 bits per heavy atom. The van der Waals surface area contributed by atoms with Crippen molar-refractivity contribution < 1.29 is 0 Å². The van der Waals surface area contributed by atoms with Crippen LogP contribution in [0.5, 0.6) is 0 Å². The van der Waals surface area contributed by atoms with E-state index in [2.05, 4.69) is 56.3 Å². The van der Waals surface area contributed by atoms with Crippen molar-refractivity contribution in [2.45, 2.75) is 0 Å². The molecule has 0 fully saturated rings. The van der Waals surface area contributed by atoms with E-state index >= 15 is 0 Å². The van der Waals surface area contributed by atoms with E-state index in [0.29, 0.717) is 0 Å². The van der Waals surface area contributed by atoms with Crippen LogP contribution in [0.25, 0.3) is 0 Å². The van der Waals surface area contributed by atoms with Gasteiger partial charge in [-0.15, -0.1) is 0 Å². The van der Waals surface area contributed by atoms with Crippen molar-refractivity contribution in [2.24, 2.45) is 5.73 Å². The Hall–Kier alpha value is 0.270. The van der Waals surface area contributed by atoms with Crippen molar-refractivity contribution in [1.29, 1.82) is 0 Å². The summed E-state index contributed by atoms with van der Waals surface area (Å²) in [7, 11) is 10.9. The van der Waals surface area contributed by atoms with Gasteiger partial charge in [-0.05, 0) is 0 Å². The quantitative estimate of drug-likeness (QED) is 0.643. The van der Waals surface area contributed by atoms with E-state index in [-0.39, 0.29) is 0 Å². The molecule has 0 bridgehead atoms. The van der Waals surface area contributed by atoms with Gasteiger partial charge in [0, 0.05) is 0 Å². The average Bonchev–Trinajstić information content (AvgIpc) is 1.86. The molecule has 0 saturated carbocycles. The summed E-state index contributed by atoms with van der Waals surface area (Å²) in [4.78, 5) is 0. The van der Waals surface area contributed by atoms with Crippen molar-refractivity contribution in [2.75, 3.05) is 48.6 Å². The number of hydrogen-bond acceptors (Lipinski definition) is 4. The van der Waals surface area contributed by atoms with E-state index in [4.69, 9.17) is 5.73 Å². The molecule has 0 amide bonds. The molecule has 76 valence electrons. The third-order valence-corrected chi connectivity index (χ3v) is 7.27. The van der Waals surface area contributed by atoms with Crippen LogP contribution in [0.3, 0.4) is 0 Å². The first-order valence-corrected chi connectivity index (χ1v) is 6.16. The average molecular weight is 194 g/mol. The molecule has 0 aliphatic heterocycles. The molecule has 0 spiro atoms. The molecule has 0 aromatic carbocycles. The Morgan fingerprint density at radius 1 is 0.833 bits per heavy atom. The van der Waals surface area contributed by atoms with Crippen LogP contribution < -0.4 is 5.73 Å². The van der Waals surface area contributed by atoms with Gasteiger partial charge >= 0.3 is 76.0 Å². The molecule has 5 heteroatoms. The molecule has 0 rings (SSSR count). The molecule has 0 aliphatic rings. The predicted molar refractivity (Wildman–Crippen MR) is 58.4 cm³/mol. The van der Waals surface area contributed by atoms with E-state index < -0.39 is 7.71 Å². The van der Waals surface area contributed by atoms with Gasteiger partial charge in [0.1, 0.15) is 0 Å². The minimum atomic E-state index is -1.72. The van der Waals surface area contributed by atoms with Crippen molar-refractivity contribution in [1.82, 2.24) is 14.0 Å². The van der Waals surface area contributed by atoms with E-state index in [9.17, 15) is 0 Å². The summed E-state index contributed by atoms with van der Waals surface area (Å²) < 4.78 is 6.77. The third kappa shape index (κ3) is 1.95. The van der Waals surface area contributed by atoms with Gasteiger partial charge in [-0.3, -0.25) is 0 Å². The van der Waals surface area contributed by atoms with Crippen LogP contribution in [0.1, 0.15) is 0 Å². The summed E-state index contributed by atoms with van der Waals surface area (Å²) >= 11 is 0. The SMILES string of the molecule is CN(C)[PH](CN)(N(C)C)N(C)C. The molecule has 12 heavy (non-hydrogen) atoms. The normalized spacial score (nSPS) is 14.8. The predicted octanol–water partition coefficient (Wildman–Crippen LogP) is 0.0823. The molecule has 0 aromatic heterocycles. The zero-order valence-corrected chi connectivity index (χ0v) is 10.1. The summed E-state index contributed by atoms with van der Waals surface area (Å²) in [5.41, 5.74) is 5.85. The van der Waals surface area contributed by atoms with Crippen molar-refractivity contribution in [3.63, 3.8) is 0 Å². The van der Waals surface area contributed by atoms with Crippen LogP contribution in [-0.2, 0) is 0 Å². The van der Waals surface area contributed by atoms with E-state index in [1.807, 2.05) is 0 Å². The number of nitrogens with two attached hydrogens (primary N) is 1. The molecule has 0 unspecified atom stereocenters. The second-order valence-corrected chi connectivity index (χ2v) is 8.30. The van der Waals surface area contributed by atoms with Gasteiger partial charge in [0.25, 0.3) is 0 Å². The van der Waals surface area contributed by atoms with Crippen LogP contribution in [0, 0.1) is 0 Å². The third-order valence-electron chi connectivity index (χ3n) is 2.42. The van der Waals surface area contributed by atoms with Gasteiger partial charge in [0.15, 0.2) is 0 Å². The van der Waals surface area contributed by atoms with Crippen LogP contribution in [-0.4, -0.2) is 62.6 Å². The molecule has 0 aliphatic carbocycles. The summed E-state index contributed by atoms with van der Waals surface area (Å²) in [5.74, 6) is 0. The van der Waals surface area contributed by atoms with E-state index in [0.717, 1.165) is 6.29 Å². The Morgan fingerprint density at radius 2 is 1.08 bits per heavy atom. The van der Waals surface area contributed by atoms with Gasteiger partial charge in [-0.2, -0.15) is 0 Å². The van der Waals surface area contributed by atoms with E-state index in [1.165, 1.54) is 0 Å². The zero-order chi connectivity index (χ0) is 9.94. The topological polar surface area (TPSA) is 35.7 Å². The van der Waals surface area contributed by atoms with Crippen molar-refractivity contribution in [3.05, 3.63) is 0 Å². The molecule has 4 nitrogen and oxygen atoms in total.